The lowest BCUT2D eigenvalue weighted by molar-refractivity contribution is 1.16. The number of nitrogens with one attached hydrogen (secondary N) is 2. The van der Waals surface area contributed by atoms with Crippen LogP contribution >= 0.6 is 15.9 Å². The van der Waals surface area contributed by atoms with Crippen LogP contribution < -0.4 is 5.32 Å². The Kier molecular flexibility index (Phi) is 3.30. The number of benzene rings is 2. The zero-order chi connectivity index (χ0) is 13.2. The van der Waals surface area contributed by atoms with E-state index in [4.69, 9.17) is 0 Å². The second-order valence-electron chi connectivity index (χ2n) is 4.65. The highest BCUT2D eigenvalue weighted by molar-refractivity contribution is 9.10. The number of H-pyrrole nitrogens is 1. The number of hydrogen-bond donors (Lipinski definition) is 2. The van der Waals surface area contributed by atoms with Crippen LogP contribution in [-0.4, -0.2) is 4.98 Å². The average Bonchev–Trinajstić information content (AvgIpc) is 2.89. The van der Waals surface area contributed by atoms with Gasteiger partial charge in [-0.05, 0) is 52.2 Å². The normalized spacial score (nSPS) is 10.8. The molecule has 19 heavy (non-hydrogen) atoms. The predicted octanol–water partition coefficient (Wildman–Crippen LogP) is 4.85. The minimum Gasteiger partial charge on any atom is -0.380 e. The smallest absolute Gasteiger partial charge is 0.0490 e. The number of anilines is 1. The fourth-order valence-electron chi connectivity index (χ4n) is 2.28. The van der Waals surface area contributed by atoms with Crippen LogP contribution in [0.3, 0.4) is 0 Å². The maximum absolute atomic E-state index is 3.63. The van der Waals surface area contributed by atoms with Gasteiger partial charge in [0.1, 0.15) is 0 Å². The third-order valence-electron chi connectivity index (χ3n) is 3.35. The number of rotatable bonds is 3. The Bertz CT molecular complexity index is 716. The summed E-state index contributed by atoms with van der Waals surface area (Å²) in [6.45, 7) is 2.92. The Labute approximate surface area is 121 Å². The molecule has 1 heterocycles. The van der Waals surface area contributed by atoms with Gasteiger partial charge < -0.3 is 10.3 Å². The van der Waals surface area contributed by atoms with Crippen LogP contribution in [0.4, 0.5) is 5.69 Å². The fourth-order valence-corrected chi connectivity index (χ4v) is 2.68. The quantitative estimate of drug-likeness (QED) is 0.710. The topological polar surface area (TPSA) is 27.8 Å². The monoisotopic (exact) mass is 314 g/mol. The second-order valence-corrected chi connectivity index (χ2v) is 5.44. The molecule has 0 fully saturated rings. The van der Waals surface area contributed by atoms with Crippen LogP contribution in [-0.2, 0) is 6.54 Å². The molecule has 0 aliphatic rings. The zero-order valence-electron chi connectivity index (χ0n) is 10.7. The Morgan fingerprint density at radius 3 is 2.84 bits per heavy atom. The largest absolute Gasteiger partial charge is 0.380 e. The standard InChI is InChI=1S/C16H15BrN2/c1-11-4-2-7-15(16(11)17)19-10-12-5-3-6-14-13(12)8-9-18-14/h2-9,18-19H,10H2,1H3. The van der Waals surface area contributed by atoms with E-state index >= 15 is 0 Å². The summed E-state index contributed by atoms with van der Waals surface area (Å²) in [4.78, 5) is 3.24. The van der Waals surface area contributed by atoms with Crippen molar-refractivity contribution in [2.75, 3.05) is 5.32 Å². The maximum atomic E-state index is 3.63. The molecule has 0 radical (unpaired) electrons. The van der Waals surface area contributed by atoms with Crippen LogP contribution in [0.15, 0.2) is 53.1 Å². The zero-order valence-corrected chi connectivity index (χ0v) is 12.3. The number of hydrogen-bond acceptors (Lipinski definition) is 1. The van der Waals surface area contributed by atoms with Crippen molar-refractivity contribution >= 4 is 32.5 Å². The highest BCUT2D eigenvalue weighted by atomic mass is 79.9. The number of aryl methyl sites for hydroxylation is 1. The maximum Gasteiger partial charge on any atom is 0.0490 e. The van der Waals surface area contributed by atoms with Crippen LogP contribution in [0.2, 0.25) is 0 Å². The first-order valence-corrected chi connectivity index (χ1v) is 7.09. The SMILES string of the molecule is Cc1cccc(NCc2cccc3[nH]ccc23)c1Br. The molecule has 1 aromatic heterocycles. The van der Waals surface area contributed by atoms with Gasteiger partial charge in [0, 0.05) is 33.8 Å². The van der Waals surface area contributed by atoms with Gasteiger partial charge in [0.15, 0.2) is 0 Å². The summed E-state index contributed by atoms with van der Waals surface area (Å²) >= 11 is 3.63. The van der Waals surface area contributed by atoms with Crippen molar-refractivity contribution in [3.05, 3.63) is 64.3 Å². The van der Waals surface area contributed by atoms with E-state index in [2.05, 4.69) is 75.6 Å². The van der Waals surface area contributed by atoms with E-state index in [1.165, 1.54) is 22.0 Å². The van der Waals surface area contributed by atoms with E-state index < -0.39 is 0 Å². The predicted molar refractivity (Wildman–Crippen MR) is 84.5 cm³/mol. The van der Waals surface area contributed by atoms with Crippen molar-refractivity contribution in [2.45, 2.75) is 13.5 Å². The van der Waals surface area contributed by atoms with E-state index in [9.17, 15) is 0 Å². The van der Waals surface area contributed by atoms with Crippen molar-refractivity contribution in [3.63, 3.8) is 0 Å². The molecule has 0 bridgehead atoms. The van der Waals surface area contributed by atoms with E-state index in [1.807, 2.05) is 6.20 Å². The van der Waals surface area contributed by atoms with Gasteiger partial charge >= 0.3 is 0 Å². The van der Waals surface area contributed by atoms with Gasteiger partial charge in [-0.1, -0.05) is 24.3 Å². The summed E-state index contributed by atoms with van der Waals surface area (Å²) in [6, 6.07) is 14.7. The molecule has 3 heteroatoms. The minimum absolute atomic E-state index is 0.817. The molecular formula is C16H15BrN2. The molecule has 0 spiro atoms. The lowest BCUT2D eigenvalue weighted by atomic mass is 10.1. The van der Waals surface area contributed by atoms with Crippen molar-refractivity contribution < 1.29 is 0 Å². The lowest BCUT2D eigenvalue weighted by Gasteiger charge is -2.11. The van der Waals surface area contributed by atoms with Gasteiger partial charge in [-0.3, -0.25) is 0 Å². The summed E-state index contributed by atoms with van der Waals surface area (Å²) < 4.78 is 1.14. The van der Waals surface area contributed by atoms with Crippen LogP contribution in [0.5, 0.6) is 0 Å². The summed E-state index contributed by atoms with van der Waals surface area (Å²) in [5, 5.41) is 4.77. The molecule has 3 rings (SSSR count). The summed E-state index contributed by atoms with van der Waals surface area (Å²) in [5.74, 6) is 0. The molecule has 3 aromatic rings. The first kappa shape index (κ1) is 12.3. The van der Waals surface area contributed by atoms with Crippen molar-refractivity contribution in [2.24, 2.45) is 0 Å². The van der Waals surface area contributed by atoms with Crippen molar-refractivity contribution in [1.29, 1.82) is 0 Å². The van der Waals surface area contributed by atoms with E-state index in [0.717, 1.165) is 16.7 Å². The Morgan fingerprint density at radius 1 is 1.11 bits per heavy atom. The number of halogens is 1. The Hall–Kier alpha value is -1.74. The average molecular weight is 315 g/mol. The van der Waals surface area contributed by atoms with E-state index in [-0.39, 0.29) is 0 Å². The van der Waals surface area contributed by atoms with E-state index in [0.29, 0.717) is 0 Å². The van der Waals surface area contributed by atoms with E-state index in [1.54, 1.807) is 0 Å². The van der Waals surface area contributed by atoms with Crippen molar-refractivity contribution in [1.82, 2.24) is 4.98 Å². The molecule has 2 nitrogen and oxygen atoms in total. The molecule has 0 saturated carbocycles. The summed E-state index contributed by atoms with van der Waals surface area (Å²) in [7, 11) is 0. The third kappa shape index (κ3) is 2.38. The Balaban J connectivity index is 1.86. The van der Waals surface area contributed by atoms with Crippen LogP contribution in [0, 0.1) is 6.92 Å². The molecule has 0 aliphatic heterocycles. The third-order valence-corrected chi connectivity index (χ3v) is 4.40. The number of fused-ring (bicyclic) bond motifs is 1. The summed E-state index contributed by atoms with van der Waals surface area (Å²) in [6.07, 6.45) is 1.98. The lowest BCUT2D eigenvalue weighted by Crippen LogP contribution is -2.00. The van der Waals surface area contributed by atoms with Crippen LogP contribution in [0.25, 0.3) is 10.9 Å². The summed E-state index contributed by atoms with van der Waals surface area (Å²) in [5.41, 5.74) is 4.85. The molecule has 0 saturated heterocycles. The van der Waals surface area contributed by atoms with Gasteiger partial charge in [-0.15, -0.1) is 0 Å². The molecule has 0 aliphatic carbocycles. The highest BCUT2D eigenvalue weighted by Crippen LogP contribution is 2.27. The molecule has 2 aromatic carbocycles. The molecule has 0 amide bonds. The molecular weight excluding hydrogens is 300 g/mol. The second kappa shape index (κ2) is 5.10. The Morgan fingerprint density at radius 2 is 1.95 bits per heavy atom. The van der Waals surface area contributed by atoms with Gasteiger partial charge in [0.2, 0.25) is 0 Å². The molecule has 96 valence electrons. The van der Waals surface area contributed by atoms with Gasteiger partial charge in [-0.2, -0.15) is 0 Å². The first-order valence-electron chi connectivity index (χ1n) is 6.29. The number of aromatic amines is 1. The number of aromatic nitrogens is 1. The minimum atomic E-state index is 0.817. The highest BCUT2D eigenvalue weighted by Gasteiger charge is 2.04. The fraction of sp³-hybridized carbons (Fsp3) is 0.125. The van der Waals surface area contributed by atoms with Gasteiger partial charge in [0.05, 0.1) is 0 Å². The van der Waals surface area contributed by atoms with Gasteiger partial charge in [0.25, 0.3) is 0 Å². The first-order chi connectivity index (χ1) is 9.25. The van der Waals surface area contributed by atoms with Gasteiger partial charge in [-0.25, -0.2) is 0 Å². The molecule has 0 unspecified atom stereocenters. The molecule has 0 atom stereocenters. The van der Waals surface area contributed by atoms with Crippen LogP contribution in [0.1, 0.15) is 11.1 Å². The van der Waals surface area contributed by atoms with Crippen molar-refractivity contribution in [3.8, 4) is 0 Å². The molecule has 2 N–H and O–H groups in total.